The largest absolute Gasteiger partial charge is 0.497 e. The van der Waals surface area contributed by atoms with Gasteiger partial charge in [-0.2, -0.15) is 0 Å². The average molecular weight is 504 g/mol. The first-order valence-corrected chi connectivity index (χ1v) is 12.6. The Bertz CT molecular complexity index is 1100. The number of hydrogen-bond donors (Lipinski definition) is 1. The van der Waals surface area contributed by atoms with Crippen LogP contribution in [0.25, 0.3) is 0 Å². The summed E-state index contributed by atoms with van der Waals surface area (Å²) in [6, 6.07) is 25.7. The molecule has 0 heterocycles. The summed E-state index contributed by atoms with van der Waals surface area (Å²) in [6.07, 6.45) is 3.66. The van der Waals surface area contributed by atoms with Crippen LogP contribution >= 0.6 is 0 Å². The number of aliphatic hydroxyl groups is 1. The number of anilines is 1. The summed E-state index contributed by atoms with van der Waals surface area (Å²) >= 11 is 0. The maximum atomic E-state index is 11.5. The first-order valence-electron chi connectivity index (χ1n) is 12.6. The minimum atomic E-state index is -0.611. The molecule has 0 saturated carbocycles. The number of para-hydroxylation sites is 1. The summed E-state index contributed by atoms with van der Waals surface area (Å²) in [5.74, 6) is 1.56. The molecule has 1 aliphatic carbocycles. The lowest BCUT2D eigenvalue weighted by atomic mass is 9.79. The Balaban J connectivity index is 1.42. The quantitative estimate of drug-likeness (QED) is 0.347. The van der Waals surface area contributed by atoms with Crippen LogP contribution in [-0.4, -0.2) is 51.7 Å². The monoisotopic (exact) mass is 503 g/mol. The molecule has 0 spiro atoms. The van der Waals surface area contributed by atoms with E-state index >= 15 is 0 Å². The van der Waals surface area contributed by atoms with Crippen molar-refractivity contribution in [2.45, 2.75) is 25.4 Å². The topological polar surface area (TPSA) is 60.4 Å². The molecular formula is C31H37NO5. The van der Waals surface area contributed by atoms with Gasteiger partial charge < -0.3 is 29.0 Å². The van der Waals surface area contributed by atoms with Gasteiger partial charge in [-0.3, -0.25) is 0 Å². The minimum Gasteiger partial charge on any atom is -0.497 e. The van der Waals surface area contributed by atoms with Gasteiger partial charge in [0.25, 0.3) is 0 Å². The molecule has 4 rings (SSSR count). The van der Waals surface area contributed by atoms with Crippen molar-refractivity contribution in [3.8, 4) is 11.5 Å². The molecule has 4 atom stereocenters. The molecule has 0 aromatic heterocycles. The van der Waals surface area contributed by atoms with Crippen molar-refractivity contribution < 1.29 is 24.1 Å². The van der Waals surface area contributed by atoms with Crippen molar-refractivity contribution in [1.82, 2.24) is 0 Å². The van der Waals surface area contributed by atoms with Crippen LogP contribution in [-0.2, 0) is 22.7 Å². The summed E-state index contributed by atoms with van der Waals surface area (Å²) in [7, 11) is 5.33. The number of likely N-dealkylation sites (N-methyl/N-ethyl adjacent to an activating group) is 1. The van der Waals surface area contributed by atoms with Crippen LogP contribution in [0.1, 0.15) is 11.1 Å². The fourth-order valence-electron chi connectivity index (χ4n) is 4.68. The third-order valence-corrected chi connectivity index (χ3v) is 6.98. The molecule has 37 heavy (non-hydrogen) atoms. The fourth-order valence-corrected chi connectivity index (χ4v) is 4.68. The zero-order valence-corrected chi connectivity index (χ0v) is 21.8. The van der Waals surface area contributed by atoms with Gasteiger partial charge in [-0.05, 0) is 47.5 Å². The highest BCUT2D eigenvalue weighted by Gasteiger charge is 2.37. The zero-order valence-electron chi connectivity index (χ0n) is 21.8. The van der Waals surface area contributed by atoms with Gasteiger partial charge in [-0.25, -0.2) is 0 Å². The van der Waals surface area contributed by atoms with Crippen LogP contribution in [0.3, 0.4) is 0 Å². The van der Waals surface area contributed by atoms with Gasteiger partial charge in [0, 0.05) is 24.6 Å². The second kappa shape index (κ2) is 13.3. The molecule has 0 amide bonds. The number of hydrogen-bond acceptors (Lipinski definition) is 6. The molecule has 3 aromatic carbocycles. The number of benzene rings is 3. The van der Waals surface area contributed by atoms with E-state index in [0.29, 0.717) is 26.4 Å². The third-order valence-electron chi connectivity index (χ3n) is 6.98. The SMILES string of the molecule is COc1ccc(COC[C@H]2[C@@H](O)[C@H](N(C)c3ccccc3)C=C[C@H]2COCc2ccc(OC)cc2)cc1. The highest BCUT2D eigenvalue weighted by Crippen LogP contribution is 2.31. The molecule has 0 saturated heterocycles. The van der Waals surface area contributed by atoms with Crippen LogP contribution in [0.15, 0.2) is 91.0 Å². The molecule has 3 aromatic rings. The predicted octanol–water partition coefficient (Wildman–Crippen LogP) is 5.11. The Morgan fingerprint density at radius 3 is 1.78 bits per heavy atom. The summed E-state index contributed by atoms with van der Waals surface area (Å²) in [6.45, 7) is 1.89. The van der Waals surface area contributed by atoms with Crippen molar-refractivity contribution in [1.29, 1.82) is 0 Å². The van der Waals surface area contributed by atoms with Gasteiger partial charge in [0.15, 0.2) is 0 Å². The average Bonchev–Trinajstić information content (AvgIpc) is 2.95. The van der Waals surface area contributed by atoms with Gasteiger partial charge in [-0.15, -0.1) is 0 Å². The number of ether oxygens (including phenoxy) is 4. The molecule has 0 radical (unpaired) electrons. The number of rotatable bonds is 12. The maximum Gasteiger partial charge on any atom is 0.118 e. The molecule has 196 valence electrons. The third kappa shape index (κ3) is 7.13. The lowest BCUT2D eigenvalue weighted by Gasteiger charge is -2.41. The highest BCUT2D eigenvalue weighted by atomic mass is 16.5. The lowest BCUT2D eigenvalue weighted by molar-refractivity contribution is -0.0297. The molecule has 1 aliphatic rings. The second-order valence-corrected chi connectivity index (χ2v) is 9.37. The Labute approximate surface area is 220 Å². The van der Waals surface area contributed by atoms with E-state index in [4.69, 9.17) is 18.9 Å². The van der Waals surface area contributed by atoms with Gasteiger partial charge in [-0.1, -0.05) is 54.6 Å². The van der Waals surface area contributed by atoms with E-state index in [9.17, 15) is 5.11 Å². The maximum absolute atomic E-state index is 11.5. The first kappa shape index (κ1) is 26.7. The standard InChI is InChI=1S/C31H37NO5/c1-32(26-7-5-4-6-8-26)30-18-13-25(21-36-19-23-9-14-27(34-2)15-10-23)29(31(30)33)22-37-20-24-11-16-28(35-3)17-12-24/h4-18,25,29-31,33H,19-22H2,1-3H3/t25-,29+,30+,31+/m0/s1. The second-order valence-electron chi connectivity index (χ2n) is 9.37. The van der Waals surface area contributed by atoms with E-state index in [1.807, 2.05) is 73.8 Å². The van der Waals surface area contributed by atoms with E-state index in [-0.39, 0.29) is 17.9 Å². The van der Waals surface area contributed by atoms with Crippen LogP contribution in [0.4, 0.5) is 5.69 Å². The molecule has 0 aliphatic heterocycles. The van der Waals surface area contributed by atoms with Gasteiger partial charge in [0.2, 0.25) is 0 Å². The molecular weight excluding hydrogens is 466 g/mol. The van der Waals surface area contributed by atoms with Crippen molar-refractivity contribution in [3.05, 3.63) is 102 Å². The highest BCUT2D eigenvalue weighted by molar-refractivity contribution is 5.48. The predicted molar refractivity (Wildman–Crippen MR) is 146 cm³/mol. The van der Waals surface area contributed by atoms with Crippen molar-refractivity contribution in [2.75, 3.05) is 39.4 Å². The molecule has 0 fully saturated rings. The molecule has 6 nitrogen and oxygen atoms in total. The molecule has 1 N–H and O–H groups in total. The van der Waals surface area contributed by atoms with E-state index < -0.39 is 6.10 Å². The minimum absolute atomic E-state index is 0.0320. The molecule has 0 unspecified atom stereocenters. The Kier molecular flexibility index (Phi) is 9.60. The summed E-state index contributed by atoms with van der Waals surface area (Å²) in [5, 5.41) is 11.5. The van der Waals surface area contributed by atoms with Gasteiger partial charge in [0.05, 0.1) is 52.8 Å². The van der Waals surface area contributed by atoms with Crippen LogP contribution in [0.5, 0.6) is 11.5 Å². The molecule has 0 bridgehead atoms. The normalized spacial score (nSPS) is 21.0. The van der Waals surface area contributed by atoms with E-state index in [2.05, 4.69) is 29.2 Å². The van der Waals surface area contributed by atoms with E-state index in [0.717, 1.165) is 28.3 Å². The Morgan fingerprint density at radius 1 is 0.703 bits per heavy atom. The zero-order chi connectivity index (χ0) is 26.0. The van der Waals surface area contributed by atoms with Crippen LogP contribution < -0.4 is 14.4 Å². The first-order chi connectivity index (χ1) is 18.1. The molecule has 6 heteroatoms. The number of nitrogens with zero attached hydrogens (tertiary/aromatic N) is 1. The smallest absolute Gasteiger partial charge is 0.118 e. The van der Waals surface area contributed by atoms with Gasteiger partial charge in [0.1, 0.15) is 11.5 Å². The Morgan fingerprint density at radius 2 is 1.24 bits per heavy atom. The van der Waals surface area contributed by atoms with E-state index in [1.54, 1.807) is 14.2 Å². The summed E-state index contributed by atoms with van der Waals surface area (Å²) in [4.78, 5) is 2.12. The van der Waals surface area contributed by atoms with Crippen LogP contribution in [0.2, 0.25) is 0 Å². The van der Waals surface area contributed by atoms with Crippen molar-refractivity contribution in [3.63, 3.8) is 0 Å². The fraction of sp³-hybridized carbons (Fsp3) is 0.355. The Hall–Kier alpha value is -3.32. The number of methoxy groups -OCH3 is 2. The van der Waals surface area contributed by atoms with E-state index in [1.165, 1.54) is 0 Å². The van der Waals surface area contributed by atoms with Crippen molar-refractivity contribution in [2.24, 2.45) is 11.8 Å². The van der Waals surface area contributed by atoms with Gasteiger partial charge >= 0.3 is 0 Å². The van der Waals surface area contributed by atoms with Crippen LogP contribution in [0, 0.1) is 11.8 Å². The van der Waals surface area contributed by atoms with Crippen molar-refractivity contribution >= 4 is 5.69 Å². The lowest BCUT2D eigenvalue weighted by Crippen LogP contribution is -2.50. The summed E-state index contributed by atoms with van der Waals surface area (Å²) < 4.78 is 22.7. The number of aliphatic hydroxyl groups excluding tert-OH is 1. The summed E-state index contributed by atoms with van der Waals surface area (Å²) in [5.41, 5.74) is 3.20.